The monoisotopic (exact) mass is 420 g/mol. The number of rotatable bonds is 8. The van der Waals surface area contributed by atoms with Gasteiger partial charge in [0.1, 0.15) is 5.69 Å². The van der Waals surface area contributed by atoms with Gasteiger partial charge >= 0.3 is 0 Å². The summed E-state index contributed by atoms with van der Waals surface area (Å²) >= 11 is 0. The van der Waals surface area contributed by atoms with Gasteiger partial charge in [-0.05, 0) is 51.0 Å². The highest BCUT2D eigenvalue weighted by atomic mass is 32.2. The lowest BCUT2D eigenvalue weighted by Gasteiger charge is -2.13. The van der Waals surface area contributed by atoms with Crippen molar-refractivity contribution in [2.45, 2.75) is 38.6 Å². The molecular formula is C19H24N4O5S. The average Bonchev–Trinajstić information content (AvgIpc) is 2.61. The molecule has 0 aliphatic rings. The molecule has 0 unspecified atom stereocenters. The van der Waals surface area contributed by atoms with E-state index in [0.29, 0.717) is 5.69 Å². The van der Waals surface area contributed by atoms with E-state index in [4.69, 9.17) is 0 Å². The number of nitro benzene ring substituents is 1. The maximum Gasteiger partial charge on any atom is 0.293 e. The Morgan fingerprint density at radius 2 is 1.76 bits per heavy atom. The van der Waals surface area contributed by atoms with Gasteiger partial charge in [-0.25, -0.2) is 13.1 Å². The third-order valence-electron chi connectivity index (χ3n) is 4.05. The Morgan fingerprint density at radius 1 is 1.14 bits per heavy atom. The molecule has 0 fully saturated rings. The lowest BCUT2D eigenvalue weighted by Crippen LogP contribution is -2.30. The highest BCUT2D eigenvalue weighted by Gasteiger charge is 2.22. The van der Waals surface area contributed by atoms with Gasteiger partial charge in [0, 0.05) is 17.8 Å². The summed E-state index contributed by atoms with van der Waals surface area (Å²) in [6, 6.07) is 8.76. The lowest BCUT2D eigenvalue weighted by molar-refractivity contribution is -0.384. The SMILES string of the molecule is Cc1cccc(C)c1NC(=O)CNc1ccc(S(=O)(=O)NC(C)C)cc1[N+](=O)[O-]. The van der Waals surface area contributed by atoms with Gasteiger partial charge in [0.2, 0.25) is 15.9 Å². The molecule has 0 bridgehead atoms. The second kappa shape index (κ2) is 9.01. The molecule has 0 saturated carbocycles. The van der Waals surface area contributed by atoms with Crippen molar-refractivity contribution in [3.8, 4) is 0 Å². The van der Waals surface area contributed by atoms with E-state index >= 15 is 0 Å². The Hall–Kier alpha value is -2.98. The zero-order valence-electron chi connectivity index (χ0n) is 16.6. The second-order valence-electron chi connectivity index (χ2n) is 6.88. The molecule has 0 aromatic heterocycles. The number of para-hydroxylation sites is 1. The number of sulfonamides is 1. The smallest absolute Gasteiger partial charge is 0.293 e. The number of nitro groups is 1. The number of anilines is 2. The zero-order chi connectivity index (χ0) is 21.8. The van der Waals surface area contributed by atoms with Crippen molar-refractivity contribution in [2.75, 3.05) is 17.2 Å². The van der Waals surface area contributed by atoms with Crippen molar-refractivity contribution in [1.82, 2.24) is 4.72 Å². The van der Waals surface area contributed by atoms with Crippen molar-refractivity contribution < 1.29 is 18.1 Å². The molecule has 0 aliphatic heterocycles. The van der Waals surface area contributed by atoms with Gasteiger partial charge in [-0.3, -0.25) is 14.9 Å². The fourth-order valence-corrected chi connectivity index (χ4v) is 4.00. The van der Waals surface area contributed by atoms with E-state index in [1.807, 2.05) is 32.0 Å². The third kappa shape index (κ3) is 5.75. The lowest BCUT2D eigenvalue weighted by atomic mass is 10.1. The summed E-state index contributed by atoms with van der Waals surface area (Å²) in [5.41, 5.74) is 2.11. The van der Waals surface area contributed by atoms with Crippen LogP contribution in [-0.2, 0) is 14.8 Å². The van der Waals surface area contributed by atoms with Crippen molar-refractivity contribution in [3.05, 3.63) is 57.6 Å². The molecule has 0 saturated heterocycles. The molecule has 156 valence electrons. The molecule has 2 aromatic carbocycles. The first-order chi connectivity index (χ1) is 13.5. The summed E-state index contributed by atoms with van der Waals surface area (Å²) in [6.45, 7) is 6.81. The molecule has 29 heavy (non-hydrogen) atoms. The highest BCUT2D eigenvalue weighted by Crippen LogP contribution is 2.27. The quantitative estimate of drug-likeness (QED) is 0.445. The molecule has 9 nitrogen and oxygen atoms in total. The Balaban J connectivity index is 2.18. The van der Waals surface area contributed by atoms with E-state index in [1.165, 1.54) is 12.1 Å². The van der Waals surface area contributed by atoms with Crippen LogP contribution in [0.1, 0.15) is 25.0 Å². The molecule has 0 atom stereocenters. The van der Waals surface area contributed by atoms with Crippen LogP contribution in [0.25, 0.3) is 0 Å². The van der Waals surface area contributed by atoms with Crippen LogP contribution in [0.15, 0.2) is 41.3 Å². The van der Waals surface area contributed by atoms with Crippen LogP contribution in [0.2, 0.25) is 0 Å². The molecule has 2 rings (SSSR count). The number of hydrogen-bond donors (Lipinski definition) is 3. The molecule has 0 spiro atoms. The number of carbonyl (C=O) groups excluding carboxylic acids is 1. The van der Waals surface area contributed by atoms with Crippen LogP contribution in [-0.4, -0.2) is 31.8 Å². The summed E-state index contributed by atoms with van der Waals surface area (Å²) < 4.78 is 26.9. The van der Waals surface area contributed by atoms with Crippen LogP contribution in [0.4, 0.5) is 17.1 Å². The predicted octanol–water partition coefficient (Wildman–Crippen LogP) is 2.95. The van der Waals surface area contributed by atoms with E-state index in [0.717, 1.165) is 17.2 Å². The van der Waals surface area contributed by atoms with Crippen LogP contribution < -0.4 is 15.4 Å². The van der Waals surface area contributed by atoms with Gasteiger partial charge < -0.3 is 10.6 Å². The van der Waals surface area contributed by atoms with E-state index in [1.54, 1.807) is 13.8 Å². The standard InChI is InChI=1S/C19H24N4O5S/c1-12(2)22-29(27,28)15-8-9-16(17(10-15)23(25)26)20-11-18(24)21-19-13(3)6-5-7-14(19)4/h5-10,12,20,22H,11H2,1-4H3,(H,21,24). The van der Waals surface area contributed by atoms with Gasteiger partial charge in [-0.2, -0.15) is 0 Å². The molecule has 0 radical (unpaired) electrons. The van der Waals surface area contributed by atoms with Crippen molar-refractivity contribution in [1.29, 1.82) is 0 Å². The highest BCUT2D eigenvalue weighted by molar-refractivity contribution is 7.89. The van der Waals surface area contributed by atoms with E-state index in [2.05, 4.69) is 15.4 Å². The number of hydrogen-bond acceptors (Lipinski definition) is 6. The minimum atomic E-state index is -3.88. The Kier molecular flexibility index (Phi) is 6.93. The van der Waals surface area contributed by atoms with Gasteiger partial charge in [-0.1, -0.05) is 18.2 Å². The van der Waals surface area contributed by atoms with Crippen molar-refractivity contribution in [2.24, 2.45) is 0 Å². The second-order valence-corrected chi connectivity index (χ2v) is 8.59. The maximum atomic E-state index is 12.3. The number of aryl methyl sites for hydroxylation is 2. The third-order valence-corrected chi connectivity index (χ3v) is 5.71. The molecule has 10 heteroatoms. The fourth-order valence-electron chi connectivity index (χ4n) is 2.73. The van der Waals surface area contributed by atoms with E-state index in [-0.39, 0.29) is 29.1 Å². The number of nitrogens with zero attached hydrogens (tertiary/aromatic N) is 1. The minimum Gasteiger partial charge on any atom is -0.371 e. The van der Waals surface area contributed by atoms with Gasteiger partial charge in [0.05, 0.1) is 16.4 Å². The number of benzene rings is 2. The van der Waals surface area contributed by atoms with Crippen LogP contribution in [0.3, 0.4) is 0 Å². The molecule has 2 aromatic rings. The summed E-state index contributed by atoms with van der Waals surface area (Å²) in [4.78, 5) is 22.8. The normalized spacial score (nSPS) is 11.3. The summed E-state index contributed by atoms with van der Waals surface area (Å²) in [5, 5.41) is 16.9. The largest absolute Gasteiger partial charge is 0.371 e. The summed E-state index contributed by atoms with van der Waals surface area (Å²) in [6.07, 6.45) is 0. The van der Waals surface area contributed by atoms with Gasteiger partial charge in [0.25, 0.3) is 5.69 Å². The minimum absolute atomic E-state index is 0.0511. The first-order valence-electron chi connectivity index (χ1n) is 8.92. The fraction of sp³-hybridized carbons (Fsp3) is 0.316. The van der Waals surface area contributed by atoms with Crippen LogP contribution in [0, 0.1) is 24.0 Å². The molecular weight excluding hydrogens is 396 g/mol. The zero-order valence-corrected chi connectivity index (χ0v) is 17.5. The molecule has 3 N–H and O–H groups in total. The first kappa shape index (κ1) is 22.3. The number of carbonyl (C=O) groups is 1. The molecule has 1 amide bonds. The van der Waals surface area contributed by atoms with E-state index in [9.17, 15) is 23.3 Å². The summed E-state index contributed by atoms with van der Waals surface area (Å²) in [7, 11) is -3.88. The van der Waals surface area contributed by atoms with Crippen molar-refractivity contribution in [3.63, 3.8) is 0 Å². The Morgan fingerprint density at radius 3 is 2.31 bits per heavy atom. The van der Waals surface area contributed by atoms with Crippen LogP contribution >= 0.6 is 0 Å². The number of amides is 1. The molecule has 0 heterocycles. The predicted molar refractivity (Wildman–Crippen MR) is 112 cm³/mol. The van der Waals surface area contributed by atoms with Gasteiger partial charge in [0.15, 0.2) is 0 Å². The molecule has 0 aliphatic carbocycles. The average molecular weight is 420 g/mol. The number of nitrogens with one attached hydrogen (secondary N) is 3. The maximum absolute atomic E-state index is 12.3. The van der Waals surface area contributed by atoms with Gasteiger partial charge in [-0.15, -0.1) is 0 Å². The summed E-state index contributed by atoms with van der Waals surface area (Å²) in [5.74, 6) is -0.380. The van der Waals surface area contributed by atoms with Crippen LogP contribution in [0.5, 0.6) is 0 Å². The first-order valence-corrected chi connectivity index (χ1v) is 10.4. The van der Waals surface area contributed by atoms with Crippen molar-refractivity contribution >= 4 is 33.0 Å². The Bertz CT molecular complexity index is 1010. The van der Waals surface area contributed by atoms with E-state index < -0.39 is 20.6 Å². The Labute approximate surface area is 169 Å². The topological polar surface area (TPSA) is 130 Å².